The van der Waals surface area contributed by atoms with Gasteiger partial charge in [0.15, 0.2) is 0 Å². The quantitative estimate of drug-likeness (QED) is 0.607. The van der Waals surface area contributed by atoms with Crippen LogP contribution in [0.1, 0.15) is 5.82 Å². The average molecular weight is 223 g/mol. The zero-order chi connectivity index (χ0) is 6.15. The van der Waals surface area contributed by atoms with E-state index in [4.69, 9.17) is 0 Å². The third-order valence-corrected chi connectivity index (χ3v) is 1.41. The second-order valence-electron chi connectivity index (χ2n) is 1.55. The van der Waals surface area contributed by atoms with Crippen LogP contribution < -0.4 is 0 Å². The first-order valence-corrected chi connectivity index (χ1v) is 3.31. The summed E-state index contributed by atoms with van der Waals surface area (Å²) in [7, 11) is 1.88. The molecule has 0 aromatic carbocycles. The Morgan fingerprint density at radius 2 is 2.25 bits per heavy atom. The molecule has 1 aromatic rings. The van der Waals surface area contributed by atoms with E-state index in [2.05, 4.69) is 32.7 Å². The highest BCUT2D eigenvalue weighted by molar-refractivity contribution is 14.1. The summed E-state index contributed by atoms with van der Waals surface area (Å²) in [5, 5.41) is 4.00. The lowest BCUT2D eigenvalue weighted by atomic mass is 10.7. The van der Waals surface area contributed by atoms with Crippen LogP contribution in [0.4, 0.5) is 0 Å². The zero-order valence-electron chi connectivity index (χ0n) is 4.72. The average Bonchev–Trinajstić information content (AvgIpc) is 1.85. The van der Waals surface area contributed by atoms with Gasteiger partial charge in [-0.2, -0.15) is 0 Å². The van der Waals surface area contributed by atoms with Crippen LogP contribution >= 0.6 is 22.6 Å². The highest BCUT2D eigenvalue weighted by Gasteiger charge is 1.95. The fourth-order valence-electron chi connectivity index (χ4n) is 0.424. The second-order valence-corrected chi connectivity index (χ2v) is 2.52. The molecule has 0 N–H and O–H groups in total. The van der Waals surface area contributed by atoms with Gasteiger partial charge < -0.3 is 0 Å². The maximum atomic E-state index is 4.05. The van der Waals surface area contributed by atoms with Gasteiger partial charge in [0.05, 0.1) is 0 Å². The monoisotopic (exact) mass is 223 g/mol. The zero-order valence-corrected chi connectivity index (χ0v) is 6.88. The number of nitrogens with zero attached hydrogens (tertiary/aromatic N) is 3. The Morgan fingerprint density at radius 3 is 2.38 bits per heavy atom. The first-order valence-electron chi connectivity index (χ1n) is 2.23. The first-order chi connectivity index (χ1) is 3.70. The van der Waals surface area contributed by atoms with Crippen molar-refractivity contribution in [3.63, 3.8) is 0 Å². The Morgan fingerprint density at radius 1 is 1.62 bits per heavy atom. The van der Waals surface area contributed by atoms with Gasteiger partial charge in [0, 0.05) is 29.6 Å². The summed E-state index contributed by atoms with van der Waals surface area (Å²) in [6, 6.07) is 0. The molecular weight excluding hydrogens is 217 g/mol. The summed E-state index contributed by atoms with van der Waals surface area (Å²) >= 11 is 2.08. The lowest BCUT2D eigenvalue weighted by Gasteiger charge is -1.84. The molecule has 0 aliphatic heterocycles. The molecular formula is C4H6IN3. The van der Waals surface area contributed by atoms with Crippen LogP contribution in [0.15, 0.2) is 0 Å². The van der Waals surface area contributed by atoms with Gasteiger partial charge in [-0.1, -0.05) is 0 Å². The molecule has 3 nitrogen and oxygen atoms in total. The minimum Gasteiger partial charge on any atom is -0.252 e. The van der Waals surface area contributed by atoms with Gasteiger partial charge in [-0.3, -0.25) is 4.68 Å². The smallest absolute Gasteiger partial charge is 0.211 e. The van der Waals surface area contributed by atoms with Crippen molar-refractivity contribution >= 4 is 22.6 Å². The molecule has 0 bridgehead atoms. The Kier molecular flexibility index (Phi) is 1.50. The summed E-state index contributed by atoms with van der Waals surface area (Å²) in [6.45, 7) is 1.93. The molecule has 0 radical (unpaired) electrons. The number of rotatable bonds is 0. The van der Waals surface area contributed by atoms with Gasteiger partial charge in [0.1, 0.15) is 5.82 Å². The molecule has 0 saturated carbocycles. The van der Waals surface area contributed by atoms with Crippen molar-refractivity contribution in [1.29, 1.82) is 0 Å². The van der Waals surface area contributed by atoms with E-state index in [1.807, 2.05) is 14.0 Å². The van der Waals surface area contributed by atoms with Gasteiger partial charge in [0.25, 0.3) is 0 Å². The maximum absolute atomic E-state index is 4.05. The highest BCUT2D eigenvalue weighted by Crippen LogP contribution is 1.96. The molecule has 44 valence electrons. The predicted molar refractivity (Wildman–Crippen MR) is 38.5 cm³/mol. The summed E-state index contributed by atoms with van der Waals surface area (Å²) in [5.74, 6) is 0.953. The number of hydrogen-bond donors (Lipinski definition) is 0. The standard InChI is InChI=1S/C4H6IN3/c1-3-6-4(5)7-8(3)2/h1-2H3. The van der Waals surface area contributed by atoms with Crippen LogP contribution in [0.25, 0.3) is 0 Å². The predicted octanol–water partition coefficient (Wildman–Crippen LogP) is 0.728. The molecule has 4 heteroatoms. The largest absolute Gasteiger partial charge is 0.252 e. The van der Waals surface area contributed by atoms with E-state index >= 15 is 0 Å². The van der Waals surface area contributed by atoms with E-state index in [-0.39, 0.29) is 0 Å². The van der Waals surface area contributed by atoms with Crippen LogP contribution in [0.5, 0.6) is 0 Å². The Labute approximate surface area is 61.3 Å². The van der Waals surface area contributed by atoms with E-state index in [9.17, 15) is 0 Å². The molecule has 1 heterocycles. The Hall–Kier alpha value is -0.130. The van der Waals surface area contributed by atoms with Crippen molar-refractivity contribution in [1.82, 2.24) is 14.8 Å². The van der Waals surface area contributed by atoms with Crippen LogP contribution in [-0.2, 0) is 7.05 Å². The first kappa shape index (κ1) is 6.00. The van der Waals surface area contributed by atoms with Crippen LogP contribution in [-0.4, -0.2) is 14.8 Å². The van der Waals surface area contributed by atoms with Crippen molar-refractivity contribution in [2.75, 3.05) is 0 Å². The van der Waals surface area contributed by atoms with Gasteiger partial charge in [-0.05, 0) is 6.92 Å². The van der Waals surface area contributed by atoms with Gasteiger partial charge in [0.2, 0.25) is 3.83 Å². The topological polar surface area (TPSA) is 30.7 Å². The minimum absolute atomic E-state index is 0.808. The third-order valence-electron chi connectivity index (χ3n) is 0.955. The molecule has 0 unspecified atom stereocenters. The van der Waals surface area contributed by atoms with E-state index in [1.54, 1.807) is 4.68 Å². The number of aryl methyl sites for hydroxylation is 2. The summed E-state index contributed by atoms with van der Waals surface area (Å²) in [6.07, 6.45) is 0. The minimum atomic E-state index is 0.808. The molecule has 0 saturated heterocycles. The summed E-state index contributed by atoms with van der Waals surface area (Å²) in [4.78, 5) is 4.05. The van der Waals surface area contributed by atoms with Gasteiger partial charge in [-0.15, -0.1) is 5.10 Å². The molecule has 0 atom stereocenters. The molecule has 0 aliphatic carbocycles. The van der Waals surface area contributed by atoms with Crippen molar-refractivity contribution in [2.45, 2.75) is 6.92 Å². The molecule has 0 fully saturated rings. The molecule has 0 aliphatic rings. The SMILES string of the molecule is Cc1nc(I)nn1C. The fourth-order valence-corrected chi connectivity index (χ4v) is 1.10. The molecule has 0 amide bonds. The lowest BCUT2D eigenvalue weighted by molar-refractivity contribution is 0.730. The van der Waals surface area contributed by atoms with E-state index in [1.165, 1.54) is 0 Å². The lowest BCUT2D eigenvalue weighted by Crippen LogP contribution is -1.92. The number of halogens is 1. The fraction of sp³-hybridized carbons (Fsp3) is 0.500. The van der Waals surface area contributed by atoms with Gasteiger partial charge >= 0.3 is 0 Å². The van der Waals surface area contributed by atoms with Crippen LogP contribution in [0, 0.1) is 10.8 Å². The van der Waals surface area contributed by atoms with E-state index in [0.29, 0.717) is 0 Å². The van der Waals surface area contributed by atoms with E-state index < -0.39 is 0 Å². The molecule has 1 aromatic heterocycles. The van der Waals surface area contributed by atoms with Crippen LogP contribution in [0.3, 0.4) is 0 Å². The molecule has 8 heavy (non-hydrogen) atoms. The number of aromatic nitrogens is 3. The molecule has 0 spiro atoms. The van der Waals surface area contributed by atoms with Crippen molar-refractivity contribution in [3.05, 3.63) is 9.66 Å². The summed E-state index contributed by atoms with van der Waals surface area (Å²) < 4.78 is 2.56. The van der Waals surface area contributed by atoms with Crippen LogP contribution in [0.2, 0.25) is 0 Å². The van der Waals surface area contributed by atoms with E-state index in [0.717, 1.165) is 9.66 Å². The Balaban J connectivity index is 3.14. The summed E-state index contributed by atoms with van der Waals surface area (Å²) in [5.41, 5.74) is 0. The normalized spacial score (nSPS) is 9.88. The third kappa shape index (κ3) is 0.988. The second kappa shape index (κ2) is 2.00. The maximum Gasteiger partial charge on any atom is 0.211 e. The molecule has 1 rings (SSSR count). The highest BCUT2D eigenvalue weighted by atomic mass is 127. The Bertz CT molecular complexity index is 174. The van der Waals surface area contributed by atoms with Gasteiger partial charge in [-0.25, -0.2) is 4.98 Å². The number of hydrogen-bond acceptors (Lipinski definition) is 2. The van der Waals surface area contributed by atoms with Crippen molar-refractivity contribution in [2.24, 2.45) is 7.05 Å². The van der Waals surface area contributed by atoms with Crippen molar-refractivity contribution < 1.29 is 0 Å². The van der Waals surface area contributed by atoms with Crippen molar-refractivity contribution in [3.8, 4) is 0 Å².